The first-order valence-electron chi connectivity index (χ1n) is 13.4. The monoisotopic (exact) mass is 603 g/mol. The zero-order chi connectivity index (χ0) is 29.0. The Hall–Kier alpha value is -3.25. The molecule has 2 fully saturated rings. The predicted molar refractivity (Wildman–Crippen MR) is 156 cm³/mol. The lowest BCUT2D eigenvalue weighted by Gasteiger charge is -2.37. The Labute approximate surface area is 248 Å². The molecule has 5 rings (SSSR count). The normalized spacial score (nSPS) is 17.3. The van der Waals surface area contributed by atoms with E-state index in [-0.39, 0.29) is 19.4 Å². The number of piperidine rings is 1. The second-order valence-electron chi connectivity index (χ2n) is 10.5. The van der Waals surface area contributed by atoms with Crippen molar-refractivity contribution >= 4 is 35.2 Å². The summed E-state index contributed by atoms with van der Waals surface area (Å²) in [6, 6.07) is 9.01. The zero-order valence-corrected chi connectivity index (χ0v) is 24.2. The summed E-state index contributed by atoms with van der Waals surface area (Å²) in [4.78, 5) is 30.1. The van der Waals surface area contributed by atoms with E-state index in [0.29, 0.717) is 53.0 Å². The minimum Gasteiger partial charge on any atom is -0.465 e. The van der Waals surface area contributed by atoms with Gasteiger partial charge in [-0.05, 0) is 42.7 Å². The number of carbonyl (C=O) groups is 1. The van der Waals surface area contributed by atoms with Gasteiger partial charge in [-0.15, -0.1) is 0 Å². The molecule has 0 aliphatic carbocycles. The molecule has 0 bridgehead atoms. The second kappa shape index (κ2) is 12.7. The van der Waals surface area contributed by atoms with Crippen LogP contribution < -0.4 is 15.0 Å². The summed E-state index contributed by atoms with van der Waals surface area (Å²) in [7, 11) is 1.39. The molecule has 2 aliphatic rings. The first-order valence-corrected chi connectivity index (χ1v) is 14.2. The Morgan fingerprint density at radius 2 is 1.73 bits per heavy atom. The van der Waals surface area contributed by atoms with Crippen LogP contribution in [0.25, 0.3) is 11.3 Å². The lowest BCUT2D eigenvalue weighted by Crippen LogP contribution is -2.48. The Balaban J connectivity index is 1.34. The van der Waals surface area contributed by atoms with E-state index in [1.165, 1.54) is 7.05 Å². The molecule has 2 aliphatic heterocycles. The molecular weight excluding hydrogens is 572 g/mol. The number of likely N-dealkylation sites (tertiary alicyclic amines) is 1. The van der Waals surface area contributed by atoms with Gasteiger partial charge in [0.25, 0.3) is 0 Å². The molecule has 0 saturated carbocycles. The molecule has 1 amide bonds. The third-order valence-electron chi connectivity index (χ3n) is 7.26. The summed E-state index contributed by atoms with van der Waals surface area (Å²) in [5.74, 6) is 1.46. The highest BCUT2D eigenvalue weighted by Gasteiger charge is 2.36. The van der Waals surface area contributed by atoms with E-state index in [1.807, 2.05) is 12.1 Å². The molecule has 13 heteroatoms. The van der Waals surface area contributed by atoms with Crippen LogP contribution in [0, 0.1) is 0 Å². The van der Waals surface area contributed by atoms with E-state index in [0.717, 1.165) is 42.2 Å². The van der Waals surface area contributed by atoms with Gasteiger partial charge in [0, 0.05) is 74.5 Å². The number of ether oxygens (including phenoxy) is 1. The summed E-state index contributed by atoms with van der Waals surface area (Å²) in [5.41, 5.74) is 0.724. The van der Waals surface area contributed by atoms with Gasteiger partial charge in [-0.1, -0.05) is 23.2 Å². The number of nitrogens with zero attached hydrogens (tertiary/aromatic N) is 6. The lowest BCUT2D eigenvalue weighted by atomic mass is 9.92. The molecule has 2 saturated heterocycles. The number of rotatable bonds is 8. The fourth-order valence-corrected chi connectivity index (χ4v) is 5.61. The van der Waals surface area contributed by atoms with Crippen molar-refractivity contribution < 1.29 is 19.0 Å². The Kier molecular flexibility index (Phi) is 9.08. The van der Waals surface area contributed by atoms with Gasteiger partial charge in [0.1, 0.15) is 5.67 Å². The quantitative estimate of drug-likeness (QED) is 0.369. The number of amides is 1. The summed E-state index contributed by atoms with van der Waals surface area (Å²) >= 11 is 12.5. The Bertz CT molecular complexity index is 1350. The fraction of sp³-hybridized carbons (Fsp3) is 0.429. The van der Waals surface area contributed by atoms with E-state index < -0.39 is 11.8 Å². The predicted octanol–water partition coefficient (Wildman–Crippen LogP) is 4.96. The average molecular weight is 605 g/mol. The number of benzene rings is 1. The first kappa shape index (κ1) is 29.2. The lowest BCUT2D eigenvalue weighted by molar-refractivity contribution is 0.0294. The number of aromatic nitrogens is 3. The van der Waals surface area contributed by atoms with Crippen molar-refractivity contribution in [3.63, 3.8) is 0 Å². The van der Waals surface area contributed by atoms with Crippen molar-refractivity contribution in [1.82, 2.24) is 30.1 Å². The first-order chi connectivity index (χ1) is 19.7. The van der Waals surface area contributed by atoms with Crippen LogP contribution in [0.1, 0.15) is 18.4 Å². The van der Waals surface area contributed by atoms with Crippen molar-refractivity contribution in [2.45, 2.75) is 25.1 Å². The van der Waals surface area contributed by atoms with E-state index in [9.17, 15) is 4.79 Å². The smallest absolute Gasteiger partial charge is 0.407 e. The number of anilines is 1. The number of hydrogen-bond donors (Lipinski definition) is 2. The molecule has 41 heavy (non-hydrogen) atoms. The van der Waals surface area contributed by atoms with Crippen molar-refractivity contribution in [3.05, 3.63) is 58.3 Å². The average Bonchev–Trinajstić information content (AvgIpc) is 2.94. The maximum absolute atomic E-state index is 15.3. The highest BCUT2D eigenvalue weighted by Crippen LogP contribution is 2.32. The van der Waals surface area contributed by atoms with Crippen LogP contribution in [-0.4, -0.2) is 94.5 Å². The SMILES string of the molecule is CN(CC1(F)CCN(Cc2cc(Oc3cnc(N4CCNCC4)nc3)nc(-c3cc(Cl)cc(Cl)c3)c2)CC1)C(=O)O. The summed E-state index contributed by atoms with van der Waals surface area (Å²) < 4.78 is 21.4. The zero-order valence-electron chi connectivity index (χ0n) is 22.7. The molecule has 218 valence electrons. The van der Waals surface area contributed by atoms with Gasteiger partial charge in [0.15, 0.2) is 5.75 Å². The number of hydrogen-bond acceptors (Lipinski definition) is 8. The van der Waals surface area contributed by atoms with E-state index in [4.69, 9.17) is 38.0 Å². The van der Waals surface area contributed by atoms with Crippen LogP contribution in [0.3, 0.4) is 0 Å². The van der Waals surface area contributed by atoms with Crippen molar-refractivity contribution in [3.8, 4) is 22.9 Å². The minimum atomic E-state index is -1.55. The molecule has 2 N–H and O–H groups in total. The molecular formula is C28H32Cl2FN7O3. The number of halogens is 3. The molecule has 2 aromatic heterocycles. The van der Waals surface area contributed by atoms with Gasteiger partial charge in [-0.3, -0.25) is 4.90 Å². The van der Waals surface area contributed by atoms with Crippen LogP contribution in [-0.2, 0) is 6.54 Å². The second-order valence-corrected chi connectivity index (χ2v) is 11.4. The Morgan fingerprint density at radius 3 is 2.37 bits per heavy atom. The molecule has 0 unspecified atom stereocenters. The number of alkyl halides is 1. The summed E-state index contributed by atoms with van der Waals surface area (Å²) in [6.07, 6.45) is 2.62. The molecule has 3 aromatic rings. The van der Waals surface area contributed by atoms with E-state index >= 15 is 4.39 Å². The van der Waals surface area contributed by atoms with E-state index in [1.54, 1.807) is 30.6 Å². The van der Waals surface area contributed by atoms with Crippen molar-refractivity contribution in [2.24, 2.45) is 0 Å². The Morgan fingerprint density at radius 1 is 1.07 bits per heavy atom. The highest BCUT2D eigenvalue weighted by molar-refractivity contribution is 6.35. The van der Waals surface area contributed by atoms with Crippen molar-refractivity contribution in [1.29, 1.82) is 0 Å². The van der Waals surface area contributed by atoms with E-state index in [2.05, 4.69) is 25.1 Å². The van der Waals surface area contributed by atoms with Gasteiger partial charge < -0.3 is 25.0 Å². The molecule has 0 atom stereocenters. The third kappa shape index (κ3) is 7.73. The van der Waals surface area contributed by atoms with Gasteiger partial charge in [-0.2, -0.15) is 0 Å². The van der Waals surface area contributed by atoms with Crippen LogP contribution in [0.5, 0.6) is 11.6 Å². The van der Waals surface area contributed by atoms with Crippen LogP contribution in [0.4, 0.5) is 15.1 Å². The molecule has 1 aromatic carbocycles. The standard InChI is InChI=1S/C28H32Cl2FN7O3/c1-36(27(39)40)18-28(31)2-6-37(7-3-28)17-19-10-24(20-12-21(29)14-22(30)13-20)35-25(11-19)41-23-15-33-26(34-16-23)38-8-4-32-5-9-38/h10-16,32H,2-9,17-18H2,1H3,(H,39,40). The van der Waals surface area contributed by atoms with Gasteiger partial charge >= 0.3 is 6.09 Å². The number of pyridine rings is 1. The van der Waals surface area contributed by atoms with Gasteiger partial charge in [0.05, 0.1) is 24.6 Å². The van der Waals surface area contributed by atoms with Crippen LogP contribution >= 0.6 is 23.2 Å². The third-order valence-corrected chi connectivity index (χ3v) is 7.70. The number of nitrogens with one attached hydrogen (secondary N) is 1. The summed E-state index contributed by atoms with van der Waals surface area (Å²) in [5, 5.41) is 13.4. The maximum Gasteiger partial charge on any atom is 0.407 e. The fourth-order valence-electron chi connectivity index (χ4n) is 5.08. The van der Waals surface area contributed by atoms with Crippen molar-refractivity contribution in [2.75, 3.05) is 57.8 Å². The largest absolute Gasteiger partial charge is 0.465 e. The topological polar surface area (TPSA) is 107 Å². The van der Waals surface area contributed by atoms with Crippen LogP contribution in [0.15, 0.2) is 42.7 Å². The number of carboxylic acid groups (broad SMARTS) is 1. The number of piperazine rings is 1. The summed E-state index contributed by atoms with van der Waals surface area (Å²) in [6.45, 7) is 4.82. The minimum absolute atomic E-state index is 0.140. The molecule has 4 heterocycles. The van der Waals surface area contributed by atoms with Crippen LogP contribution in [0.2, 0.25) is 10.0 Å². The van der Waals surface area contributed by atoms with Gasteiger partial charge in [-0.25, -0.2) is 24.1 Å². The maximum atomic E-state index is 15.3. The molecule has 0 radical (unpaired) electrons. The molecule has 10 nitrogen and oxygen atoms in total. The van der Waals surface area contributed by atoms with Gasteiger partial charge in [0.2, 0.25) is 11.8 Å². The highest BCUT2D eigenvalue weighted by atomic mass is 35.5. The molecule has 0 spiro atoms.